The fourth-order valence-electron chi connectivity index (χ4n) is 1.24. The van der Waals surface area contributed by atoms with Gasteiger partial charge in [-0.3, -0.25) is 0 Å². The zero-order valence-electron chi connectivity index (χ0n) is 9.58. The fraction of sp³-hybridized carbons (Fsp3) is 0.400. The van der Waals surface area contributed by atoms with Crippen LogP contribution in [0.2, 0.25) is 0 Å². The molecule has 0 aromatic carbocycles. The van der Waals surface area contributed by atoms with Gasteiger partial charge in [-0.2, -0.15) is 5.26 Å². The lowest BCUT2D eigenvalue weighted by molar-refractivity contribution is 0.0660. The number of hydrogen-bond acceptors (Lipinski definition) is 5. The van der Waals surface area contributed by atoms with E-state index in [1.54, 1.807) is 13.0 Å². The number of rotatable bonds is 6. The molecule has 0 radical (unpaired) electrons. The molecule has 1 atom stereocenters. The van der Waals surface area contributed by atoms with Crippen molar-refractivity contribution in [3.8, 4) is 6.07 Å². The predicted molar refractivity (Wildman–Crippen MR) is 61.1 cm³/mol. The Morgan fingerprint density at radius 1 is 1.61 bits per heavy atom. The van der Waals surface area contributed by atoms with Crippen molar-refractivity contribution in [1.29, 1.82) is 5.26 Å². The van der Waals surface area contributed by atoms with Gasteiger partial charge < -0.3 is 9.52 Å². The molecule has 8 heteroatoms. The highest BCUT2D eigenvalue weighted by Crippen LogP contribution is 2.09. The fourth-order valence-corrected chi connectivity index (χ4v) is 2.36. The average molecular weight is 272 g/mol. The predicted octanol–water partition coefficient (Wildman–Crippen LogP) is 0.699. The summed E-state index contributed by atoms with van der Waals surface area (Å²) in [5.41, 5.74) is 0. The van der Waals surface area contributed by atoms with Crippen LogP contribution in [0.15, 0.2) is 16.5 Å². The molecular formula is C10H12N2O5S. The molecule has 7 nitrogen and oxygen atoms in total. The highest BCUT2D eigenvalue weighted by molar-refractivity contribution is 7.90. The van der Waals surface area contributed by atoms with Gasteiger partial charge >= 0.3 is 5.97 Å². The number of carboxylic acid groups (broad SMARTS) is 1. The van der Waals surface area contributed by atoms with E-state index in [-0.39, 0.29) is 24.5 Å². The monoisotopic (exact) mass is 272 g/mol. The second-order valence-corrected chi connectivity index (χ2v) is 5.41. The number of sulfonamides is 1. The summed E-state index contributed by atoms with van der Waals surface area (Å²) in [7, 11) is -3.75. The first-order chi connectivity index (χ1) is 8.40. The van der Waals surface area contributed by atoms with E-state index in [9.17, 15) is 13.2 Å². The third-order valence-corrected chi connectivity index (χ3v) is 3.94. The average Bonchev–Trinajstić information content (AvgIpc) is 2.76. The molecule has 1 heterocycles. The summed E-state index contributed by atoms with van der Waals surface area (Å²) < 4.78 is 30.3. The van der Waals surface area contributed by atoms with Crippen LogP contribution in [-0.2, 0) is 16.6 Å². The van der Waals surface area contributed by atoms with E-state index < -0.39 is 21.2 Å². The Morgan fingerprint density at radius 2 is 2.28 bits per heavy atom. The number of furan rings is 1. The molecule has 0 saturated carbocycles. The van der Waals surface area contributed by atoms with Gasteiger partial charge in [0.15, 0.2) is 5.25 Å². The third kappa shape index (κ3) is 3.32. The van der Waals surface area contributed by atoms with Crippen LogP contribution in [-0.4, -0.2) is 24.7 Å². The Balaban J connectivity index is 2.70. The Morgan fingerprint density at radius 3 is 2.72 bits per heavy atom. The maximum Gasteiger partial charge on any atom is 0.371 e. The molecule has 1 rings (SSSR count). The molecule has 1 unspecified atom stereocenters. The lowest BCUT2D eigenvalue weighted by Crippen LogP contribution is -2.32. The van der Waals surface area contributed by atoms with Crippen molar-refractivity contribution in [2.45, 2.75) is 25.1 Å². The first-order valence-electron chi connectivity index (χ1n) is 5.10. The zero-order chi connectivity index (χ0) is 13.8. The van der Waals surface area contributed by atoms with Crippen LogP contribution in [0, 0.1) is 11.3 Å². The number of nitriles is 1. The van der Waals surface area contributed by atoms with Crippen LogP contribution >= 0.6 is 0 Å². The molecule has 0 aliphatic rings. The second-order valence-electron chi connectivity index (χ2n) is 3.46. The van der Waals surface area contributed by atoms with Crippen LogP contribution < -0.4 is 4.72 Å². The van der Waals surface area contributed by atoms with Gasteiger partial charge in [0.1, 0.15) is 5.76 Å². The molecule has 0 bridgehead atoms. The Kier molecular flexibility index (Phi) is 4.47. The van der Waals surface area contributed by atoms with Crippen molar-refractivity contribution >= 4 is 16.0 Å². The van der Waals surface area contributed by atoms with E-state index in [1.807, 2.05) is 0 Å². The highest BCUT2D eigenvalue weighted by Gasteiger charge is 2.23. The van der Waals surface area contributed by atoms with Gasteiger partial charge in [-0.15, -0.1) is 0 Å². The normalized spacial score (nSPS) is 12.9. The first kappa shape index (κ1) is 14.2. The lowest BCUT2D eigenvalue weighted by Gasteiger charge is -2.08. The molecule has 18 heavy (non-hydrogen) atoms. The molecule has 0 spiro atoms. The van der Waals surface area contributed by atoms with Crippen LogP contribution in [0.25, 0.3) is 0 Å². The van der Waals surface area contributed by atoms with Gasteiger partial charge in [0.2, 0.25) is 15.8 Å². The van der Waals surface area contributed by atoms with Gasteiger partial charge in [0.05, 0.1) is 12.6 Å². The molecular weight excluding hydrogens is 260 g/mol. The number of aromatic carboxylic acids is 1. The topological polar surface area (TPSA) is 120 Å². The zero-order valence-corrected chi connectivity index (χ0v) is 10.4. The SMILES string of the molecule is CCC(C#N)S(=O)(=O)NCc1ccc(C(=O)O)o1. The summed E-state index contributed by atoms with van der Waals surface area (Å²) in [6.07, 6.45) is 0.171. The number of nitrogens with zero attached hydrogens (tertiary/aromatic N) is 1. The second kappa shape index (κ2) is 5.66. The van der Waals surface area contributed by atoms with Crippen LogP contribution in [0.4, 0.5) is 0 Å². The van der Waals surface area contributed by atoms with Gasteiger partial charge in [-0.25, -0.2) is 17.9 Å². The van der Waals surface area contributed by atoms with E-state index in [4.69, 9.17) is 14.8 Å². The van der Waals surface area contributed by atoms with E-state index >= 15 is 0 Å². The Bertz CT molecular complexity index is 569. The number of carbonyl (C=O) groups is 1. The van der Waals surface area contributed by atoms with Crippen LogP contribution in [0.1, 0.15) is 29.7 Å². The molecule has 0 fully saturated rings. The van der Waals surface area contributed by atoms with Crippen molar-refractivity contribution in [2.24, 2.45) is 0 Å². The lowest BCUT2D eigenvalue weighted by atomic mass is 10.4. The first-order valence-corrected chi connectivity index (χ1v) is 6.65. The van der Waals surface area contributed by atoms with Gasteiger partial charge in [-0.05, 0) is 18.6 Å². The minimum atomic E-state index is -3.75. The van der Waals surface area contributed by atoms with Crippen LogP contribution in [0.5, 0.6) is 0 Å². The third-order valence-electron chi connectivity index (χ3n) is 2.21. The van der Waals surface area contributed by atoms with Gasteiger partial charge in [-0.1, -0.05) is 6.92 Å². The van der Waals surface area contributed by atoms with Crippen molar-refractivity contribution in [2.75, 3.05) is 0 Å². The Labute approximate surface area is 104 Å². The summed E-state index contributed by atoms with van der Waals surface area (Å²) in [5.74, 6) is -1.33. The molecule has 1 aromatic heterocycles. The summed E-state index contributed by atoms with van der Waals surface area (Å²) in [4.78, 5) is 10.5. The molecule has 0 amide bonds. The van der Waals surface area contributed by atoms with E-state index in [0.717, 1.165) is 0 Å². The van der Waals surface area contributed by atoms with Crippen molar-refractivity contribution < 1.29 is 22.7 Å². The largest absolute Gasteiger partial charge is 0.475 e. The maximum absolute atomic E-state index is 11.6. The molecule has 2 N–H and O–H groups in total. The van der Waals surface area contributed by atoms with Crippen molar-refractivity contribution in [3.05, 3.63) is 23.7 Å². The summed E-state index contributed by atoms with van der Waals surface area (Å²) >= 11 is 0. The van der Waals surface area contributed by atoms with E-state index in [1.165, 1.54) is 12.1 Å². The van der Waals surface area contributed by atoms with Gasteiger partial charge in [0, 0.05) is 0 Å². The molecule has 0 aliphatic carbocycles. The number of carboxylic acids is 1. The van der Waals surface area contributed by atoms with E-state index in [0.29, 0.717) is 0 Å². The van der Waals surface area contributed by atoms with Gasteiger partial charge in [0.25, 0.3) is 0 Å². The van der Waals surface area contributed by atoms with E-state index in [2.05, 4.69) is 4.72 Å². The molecule has 0 saturated heterocycles. The Hall–Kier alpha value is -1.85. The minimum absolute atomic E-state index is 0.170. The molecule has 98 valence electrons. The van der Waals surface area contributed by atoms with Crippen molar-refractivity contribution in [3.63, 3.8) is 0 Å². The standard InChI is InChI=1S/C10H12N2O5S/c1-2-8(5-11)18(15,16)12-6-7-3-4-9(17-7)10(13)14/h3-4,8,12H,2,6H2,1H3,(H,13,14). The molecule has 0 aliphatic heterocycles. The highest BCUT2D eigenvalue weighted by atomic mass is 32.2. The number of hydrogen-bond donors (Lipinski definition) is 2. The summed E-state index contributed by atoms with van der Waals surface area (Å²) in [5, 5.41) is 16.1. The molecule has 1 aromatic rings. The summed E-state index contributed by atoms with van der Waals surface area (Å²) in [6.45, 7) is 1.40. The number of nitrogens with one attached hydrogen (secondary N) is 1. The summed E-state index contributed by atoms with van der Waals surface area (Å²) in [6, 6.07) is 4.27. The maximum atomic E-state index is 11.6. The minimum Gasteiger partial charge on any atom is -0.475 e. The van der Waals surface area contributed by atoms with Crippen molar-refractivity contribution in [1.82, 2.24) is 4.72 Å². The van der Waals surface area contributed by atoms with Crippen LogP contribution in [0.3, 0.4) is 0 Å². The quantitative estimate of drug-likeness (QED) is 0.786. The smallest absolute Gasteiger partial charge is 0.371 e.